The summed E-state index contributed by atoms with van der Waals surface area (Å²) in [5.74, 6) is 0.876. The lowest BCUT2D eigenvalue weighted by atomic mass is 9.91. The lowest BCUT2D eigenvalue weighted by molar-refractivity contribution is -0.0113. The molecule has 0 saturated heterocycles. The average molecular weight is 578 g/mol. The van der Waals surface area contributed by atoms with E-state index in [0.717, 1.165) is 35.3 Å². The number of anilines is 1. The highest BCUT2D eigenvalue weighted by atomic mass is 16.6. The highest BCUT2D eigenvalue weighted by Crippen LogP contribution is 2.30. The first kappa shape index (κ1) is 29.4. The Labute approximate surface area is 245 Å². The number of aliphatic hydroxyl groups is 1. The normalized spacial score (nSPS) is 17.5. The molecule has 2 aliphatic rings. The second-order valence-corrected chi connectivity index (χ2v) is 11.9. The van der Waals surface area contributed by atoms with Gasteiger partial charge in [-0.25, -0.2) is 9.78 Å². The van der Waals surface area contributed by atoms with Crippen molar-refractivity contribution in [3.05, 3.63) is 71.2 Å². The first-order chi connectivity index (χ1) is 20.1. The molecular formula is C31H39N5O6. The van der Waals surface area contributed by atoms with Crippen molar-refractivity contribution in [1.82, 2.24) is 20.2 Å². The van der Waals surface area contributed by atoms with Crippen LogP contribution in [0.1, 0.15) is 73.1 Å². The number of benzene rings is 1. The summed E-state index contributed by atoms with van der Waals surface area (Å²) in [4.78, 5) is 36.0. The summed E-state index contributed by atoms with van der Waals surface area (Å²) >= 11 is 0. The van der Waals surface area contributed by atoms with E-state index in [1.165, 1.54) is 17.7 Å². The van der Waals surface area contributed by atoms with Crippen molar-refractivity contribution in [3.8, 4) is 5.75 Å². The molecule has 2 amide bonds. The lowest BCUT2D eigenvalue weighted by Crippen LogP contribution is -2.54. The van der Waals surface area contributed by atoms with Crippen LogP contribution in [0.4, 0.5) is 10.5 Å². The van der Waals surface area contributed by atoms with Crippen molar-refractivity contribution in [3.63, 3.8) is 0 Å². The summed E-state index contributed by atoms with van der Waals surface area (Å²) in [7, 11) is 0. The summed E-state index contributed by atoms with van der Waals surface area (Å²) in [5, 5.41) is 17.5. The monoisotopic (exact) mass is 577 g/mol. The van der Waals surface area contributed by atoms with Crippen LogP contribution in [-0.4, -0.2) is 62.3 Å². The third-order valence-corrected chi connectivity index (χ3v) is 7.58. The van der Waals surface area contributed by atoms with Crippen LogP contribution in [0, 0.1) is 6.92 Å². The van der Waals surface area contributed by atoms with Crippen LogP contribution in [0.3, 0.4) is 0 Å². The molecule has 2 atom stereocenters. The molecule has 1 fully saturated rings. The van der Waals surface area contributed by atoms with E-state index in [2.05, 4.69) is 20.6 Å². The van der Waals surface area contributed by atoms with Gasteiger partial charge in [-0.15, -0.1) is 0 Å². The van der Waals surface area contributed by atoms with E-state index < -0.39 is 29.7 Å². The molecule has 11 heteroatoms. The molecule has 2 aromatic heterocycles. The summed E-state index contributed by atoms with van der Waals surface area (Å²) in [6.45, 7) is 7.64. The molecule has 1 aliphatic carbocycles. The van der Waals surface area contributed by atoms with Crippen molar-refractivity contribution in [1.29, 1.82) is 0 Å². The molecule has 11 nitrogen and oxygen atoms in total. The molecule has 224 valence electrons. The van der Waals surface area contributed by atoms with Gasteiger partial charge in [-0.2, -0.15) is 0 Å². The van der Waals surface area contributed by atoms with Crippen LogP contribution >= 0.6 is 0 Å². The molecule has 42 heavy (non-hydrogen) atoms. The summed E-state index contributed by atoms with van der Waals surface area (Å²) in [6, 6.07) is 9.05. The van der Waals surface area contributed by atoms with Gasteiger partial charge in [0.1, 0.15) is 23.7 Å². The molecule has 3 N–H and O–H groups in total. The minimum absolute atomic E-state index is 0.0577. The maximum atomic E-state index is 13.3. The first-order valence-electron chi connectivity index (χ1n) is 14.4. The minimum atomic E-state index is -1.05. The smallest absolute Gasteiger partial charge is 0.410 e. The number of ether oxygens (including phenoxy) is 2. The molecule has 3 heterocycles. The number of carbonyl (C=O) groups excluding carboxylic acids is 2. The van der Waals surface area contributed by atoms with E-state index in [1.807, 2.05) is 31.2 Å². The van der Waals surface area contributed by atoms with Gasteiger partial charge in [-0.1, -0.05) is 6.07 Å². The highest BCUT2D eigenvalue weighted by Gasteiger charge is 2.37. The fraction of sp³-hybridized carbons (Fsp3) is 0.484. The molecular weight excluding hydrogens is 538 g/mol. The molecule has 0 spiro atoms. The Morgan fingerprint density at radius 3 is 2.67 bits per heavy atom. The number of fused-ring (bicyclic) bond motifs is 1. The highest BCUT2D eigenvalue weighted by molar-refractivity contribution is 5.93. The lowest BCUT2D eigenvalue weighted by Gasteiger charge is -2.40. The largest absolute Gasteiger partial charge is 0.486 e. The maximum absolute atomic E-state index is 13.3. The van der Waals surface area contributed by atoms with E-state index in [4.69, 9.17) is 13.9 Å². The van der Waals surface area contributed by atoms with E-state index in [0.29, 0.717) is 24.0 Å². The zero-order chi connectivity index (χ0) is 29.9. The number of aliphatic hydroxyl groups excluding tert-OH is 1. The molecule has 5 rings (SSSR count). The fourth-order valence-electron chi connectivity index (χ4n) is 5.01. The number of oxazole rings is 1. The minimum Gasteiger partial charge on any atom is -0.486 e. The standard InChI is InChI=1S/C31H39N5O6/c1-19-28(41-18-34-19)17-40-24-9-8-20-13-26(36(16-21(20)12-24)30(39)42-31(2,3)4)27(37)15-33-29(38)25-14-23(10-11-32-25)35-22-6-5-7-22/h8-12,14,18,22,26-27,37H,5-7,13,15-17H2,1-4H3,(H,32,35)(H,33,38)/t26?,27-/m1/s1. The molecule has 1 aromatic carbocycles. The predicted molar refractivity (Wildman–Crippen MR) is 155 cm³/mol. The Morgan fingerprint density at radius 1 is 1.17 bits per heavy atom. The third kappa shape index (κ3) is 7.20. The average Bonchev–Trinajstić information content (AvgIpc) is 3.35. The maximum Gasteiger partial charge on any atom is 0.410 e. The Bertz CT molecular complexity index is 1410. The topological polar surface area (TPSA) is 139 Å². The SMILES string of the molecule is Cc1ncoc1COc1ccc2c(c1)CN(C(=O)OC(C)(C)C)C([C@H](O)CNC(=O)c1cc(NC3CCC3)ccn1)C2. The third-order valence-electron chi connectivity index (χ3n) is 7.58. The zero-order valence-electron chi connectivity index (χ0n) is 24.6. The van der Waals surface area contributed by atoms with Crippen LogP contribution in [0.25, 0.3) is 0 Å². The molecule has 1 unspecified atom stereocenters. The number of carbonyl (C=O) groups is 2. The summed E-state index contributed by atoms with van der Waals surface area (Å²) in [5.41, 5.74) is 3.02. The van der Waals surface area contributed by atoms with E-state index >= 15 is 0 Å². The van der Waals surface area contributed by atoms with Gasteiger partial charge in [0, 0.05) is 31.0 Å². The quantitative estimate of drug-likeness (QED) is 0.338. The number of amides is 2. The van der Waals surface area contributed by atoms with E-state index in [9.17, 15) is 14.7 Å². The number of aryl methyl sites for hydroxylation is 1. The number of nitrogens with one attached hydrogen (secondary N) is 2. The zero-order valence-corrected chi connectivity index (χ0v) is 24.6. The summed E-state index contributed by atoms with van der Waals surface area (Å²) < 4.78 is 17.0. The van der Waals surface area contributed by atoms with Crippen molar-refractivity contribution < 1.29 is 28.6 Å². The number of nitrogens with zero attached hydrogens (tertiary/aromatic N) is 3. The van der Waals surface area contributed by atoms with Crippen LogP contribution in [0.5, 0.6) is 5.75 Å². The van der Waals surface area contributed by atoms with Crippen LogP contribution in [-0.2, 0) is 24.3 Å². The van der Waals surface area contributed by atoms with Gasteiger partial charge >= 0.3 is 6.09 Å². The van der Waals surface area contributed by atoms with E-state index in [-0.39, 0.29) is 25.4 Å². The number of rotatable bonds is 9. The van der Waals surface area contributed by atoms with E-state index in [1.54, 1.807) is 33.0 Å². The van der Waals surface area contributed by atoms with Gasteiger partial charge < -0.3 is 29.6 Å². The Morgan fingerprint density at radius 2 is 1.98 bits per heavy atom. The number of aromatic nitrogens is 2. The van der Waals surface area contributed by atoms with Gasteiger partial charge in [0.15, 0.2) is 12.2 Å². The Balaban J connectivity index is 1.27. The Hall–Kier alpha value is -4.12. The Kier molecular flexibility index (Phi) is 8.67. The van der Waals surface area contributed by atoms with Gasteiger partial charge in [0.2, 0.25) is 0 Å². The van der Waals surface area contributed by atoms with Crippen molar-refractivity contribution in [2.45, 2.75) is 90.3 Å². The first-order valence-corrected chi connectivity index (χ1v) is 14.4. The fourth-order valence-corrected chi connectivity index (χ4v) is 5.01. The molecule has 3 aromatic rings. The van der Waals surface area contributed by atoms with Crippen LogP contribution in [0.2, 0.25) is 0 Å². The predicted octanol–water partition coefficient (Wildman–Crippen LogP) is 4.37. The van der Waals surface area contributed by atoms with Crippen molar-refractivity contribution in [2.75, 3.05) is 11.9 Å². The number of hydrogen-bond donors (Lipinski definition) is 3. The van der Waals surface area contributed by atoms with Crippen LogP contribution < -0.4 is 15.4 Å². The van der Waals surface area contributed by atoms with Gasteiger partial charge in [0.05, 0.1) is 17.8 Å². The number of pyridine rings is 1. The second kappa shape index (κ2) is 12.4. The molecule has 1 aliphatic heterocycles. The molecule has 0 bridgehead atoms. The summed E-state index contributed by atoms with van der Waals surface area (Å²) in [6.07, 6.45) is 5.22. The molecule has 0 radical (unpaired) electrons. The van der Waals surface area contributed by atoms with Crippen molar-refractivity contribution in [2.24, 2.45) is 0 Å². The van der Waals surface area contributed by atoms with Gasteiger partial charge in [-0.3, -0.25) is 14.7 Å². The second-order valence-electron chi connectivity index (χ2n) is 11.9. The number of hydrogen-bond acceptors (Lipinski definition) is 9. The van der Waals surface area contributed by atoms with Crippen molar-refractivity contribution >= 4 is 17.7 Å². The van der Waals surface area contributed by atoms with Gasteiger partial charge in [-0.05, 0) is 88.8 Å². The molecule has 1 saturated carbocycles. The van der Waals surface area contributed by atoms with Crippen LogP contribution in [0.15, 0.2) is 47.3 Å². The van der Waals surface area contributed by atoms with Gasteiger partial charge in [0.25, 0.3) is 5.91 Å².